The van der Waals surface area contributed by atoms with Crippen LogP contribution in [0.5, 0.6) is 5.75 Å². The zero-order valence-electron chi connectivity index (χ0n) is 15.4. The van der Waals surface area contributed by atoms with Gasteiger partial charge in [-0.2, -0.15) is 0 Å². The van der Waals surface area contributed by atoms with Gasteiger partial charge in [-0.15, -0.1) is 0 Å². The summed E-state index contributed by atoms with van der Waals surface area (Å²) in [5.41, 5.74) is 0.647. The molecule has 0 aromatic heterocycles. The number of amides is 1. The maximum absolute atomic E-state index is 12.1. The van der Waals surface area contributed by atoms with Crippen molar-refractivity contribution in [3.05, 3.63) is 24.3 Å². The van der Waals surface area contributed by atoms with Crippen molar-refractivity contribution in [1.82, 2.24) is 0 Å². The van der Waals surface area contributed by atoms with Crippen molar-refractivity contribution < 1.29 is 19.1 Å². The minimum absolute atomic E-state index is 0.312. The van der Waals surface area contributed by atoms with Crippen LogP contribution < -0.4 is 10.1 Å². The van der Waals surface area contributed by atoms with Gasteiger partial charge in [-0.05, 0) is 57.4 Å². The van der Waals surface area contributed by atoms with E-state index in [4.69, 9.17) is 9.47 Å². The molecule has 1 aromatic carbocycles. The molecule has 2 rings (SSSR count). The number of nitrogens with one attached hydrogen (secondary N) is 1. The SMILES string of the molecule is CCOc1ccc(NC(=O)[C@H](C)OC(=O)CCCC[C@H]2CCSS2)cc1. The smallest absolute Gasteiger partial charge is 0.306 e. The third-order valence-corrected chi connectivity index (χ3v) is 7.00. The lowest BCUT2D eigenvalue weighted by Gasteiger charge is -2.14. The maximum Gasteiger partial charge on any atom is 0.306 e. The first kappa shape index (κ1) is 21.0. The van der Waals surface area contributed by atoms with Crippen molar-refractivity contribution in [3.8, 4) is 5.75 Å². The van der Waals surface area contributed by atoms with Crippen LogP contribution in [0.25, 0.3) is 0 Å². The van der Waals surface area contributed by atoms with E-state index in [0.717, 1.165) is 30.3 Å². The number of carbonyl (C=O) groups excluding carboxylic acids is 2. The van der Waals surface area contributed by atoms with Crippen LogP contribution in [0.15, 0.2) is 24.3 Å². The first-order chi connectivity index (χ1) is 12.6. The van der Waals surface area contributed by atoms with Crippen molar-refractivity contribution in [2.45, 2.75) is 57.3 Å². The predicted molar refractivity (Wildman–Crippen MR) is 109 cm³/mol. The Morgan fingerprint density at radius 2 is 2.04 bits per heavy atom. The normalized spacial score (nSPS) is 17.5. The highest BCUT2D eigenvalue weighted by Crippen LogP contribution is 2.39. The molecule has 2 atom stereocenters. The van der Waals surface area contributed by atoms with E-state index in [2.05, 4.69) is 5.32 Å². The van der Waals surface area contributed by atoms with Gasteiger partial charge in [0.25, 0.3) is 5.91 Å². The van der Waals surface area contributed by atoms with Crippen LogP contribution in [0.1, 0.15) is 46.0 Å². The molecule has 1 heterocycles. The fourth-order valence-corrected chi connectivity index (χ4v) is 5.59. The van der Waals surface area contributed by atoms with Gasteiger partial charge in [0.2, 0.25) is 0 Å². The Kier molecular flexibility index (Phi) is 9.18. The summed E-state index contributed by atoms with van der Waals surface area (Å²) in [4.78, 5) is 24.0. The Balaban J connectivity index is 1.64. The van der Waals surface area contributed by atoms with Gasteiger partial charge in [0.15, 0.2) is 6.10 Å². The van der Waals surface area contributed by atoms with Crippen LogP contribution in [0.3, 0.4) is 0 Å². The van der Waals surface area contributed by atoms with Gasteiger partial charge in [-0.3, -0.25) is 9.59 Å². The van der Waals surface area contributed by atoms with Gasteiger partial charge in [0, 0.05) is 23.1 Å². The molecule has 0 saturated carbocycles. The number of hydrogen-bond donors (Lipinski definition) is 1. The molecule has 1 aliphatic heterocycles. The van der Waals surface area contributed by atoms with Crippen LogP contribution in [0.4, 0.5) is 5.69 Å². The first-order valence-electron chi connectivity index (χ1n) is 9.10. The molecule has 7 heteroatoms. The number of anilines is 1. The number of rotatable bonds is 10. The van der Waals surface area contributed by atoms with E-state index in [-0.39, 0.29) is 11.9 Å². The second kappa shape index (κ2) is 11.4. The quantitative estimate of drug-likeness (QED) is 0.352. The summed E-state index contributed by atoms with van der Waals surface area (Å²) in [5.74, 6) is 1.34. The molecule has 0 unspecified atom stereocenters. The first-order valence-corrected chi connectivity index (χ1v) is 11.5. The van der Waals surface area contributed by atoms with E-state index in [1.807, 2.05) is 28.5 Å². The highest BCUT2D eigenvalue weighted by Gasteiger charge is 2.19. The fourth-order valence-electron chi connectivity index (χ4n) is 2.56. The molecule has 1 aromatic rings. The minimum atomic E-state index is -0.809. The molecule has 1 N–H and O–H groups in total. The van der Waals surface area contributed by atoms with Crippen molar-refractivity contribution in [1.29, 1.82) is 0 Å². The number of hydrogen-bond acceptors (Lipinski definition) is 6. The summed E-state index contributed by atoms with van der Waals surface area (Å²) in [7, 11) is 3.90. The zero-order valence-corrected chi connectivity index (χ0v) is 17.0. The van der Waals surface area contributed by atoms with Gasteiger partial charge in [0.1, 0.15) is 5.75 Å². The molecule has 0 aliphatic carbocycles. The lowest BCUT2D eigenvalue weighted by Crippen LogP contribution is -2.29. The second-order valence-electron chi connectivity index (χ2n) is 6.15. The largest absolute Gasteiger partial charge is 0.494 e. The zero-order chi connectivity index (χ0) is 18.8. The van der Waals surface area contributed by atoms with Crippen molar-refractivity contribution in [2.24, 2.45) is 0 Å². The summed E-state index contributed by atoms with van der Waals surface area (Å²) in [6, 6.07) is 7.10. The maximum atomic E-state index is 12.1. The summed E-state index contributed by atoms with van der Waals surface area (Å²) < 4.78 is 10.6. The van der Waals surface area contributed by atoms with E-state index in [1.54, 1.807) is 31.2 Å². The molecular formula is C19H27NO4S2. The highest BCUT2D eigenvalue weighted by atomic mass is 33.1. The van der Waals surface area contributed by atoms with E-state index >= 15 is 0 Å². The molecular weight excluding hydrogens is 370 g/mol. The molecule has 1 amide bonds. The van der Waals surface area contributed by atoms with E-state index < -0.39 is 6.10 Å². The van der Waals surface area contributed by atoms with E-state index in [9.17, 15) is 9.59 Å². The Hall–Kier alpha value is -1.34. The summed E-state index contributed by atoms with van der Waals surface area (Å²) in [5, 5.41) is 3.48. The number of carbonyl (C=O) groups is 2. The average Bonchev–Trinajstić information content (AvgIpc) is 3.14. The van der Waals surface area contributed by atoms with E-state index in [0.29, 0.717) is 18.7 Å². The van der Waals surface area contributed by atoms with Crippen LogP contribution in [-0.2, 0) is 14.3 Å². The predicted octanol–water partition coefficient (Wildman–Crippen LogP) is 4.67. The third-order valence-electron chi connectivity index (χ3n) is 3.99. The highest BCUT2D eigenvalue weighted by molar-refractivity contribution is 8.77. The van der Waals surface area contributed by atoms with Gasteiger partial charge in [-0.25, -0.2) is 0 Å². The fraction of sp³-hybridized carbons (Fsp3) is 0.579. The Bertz CT molecular complexity index is 573. The van der Waals surface area contributed by atoms with Crippen LogP contribution >= 0.6 is 21.6 Å². The molecule has 144 valence electrons. The van der Waals surface area contributed by atoms with Crippen LogP contribution in [-0.4, -0.2) is 35.6 Å². The molecule has 0 spiro atoms. The van der Waals surface area contributed by atoms with Crippen molar-refractivity contribution >= 4 is 39.2 Å². The second-order valence-corrected chi connectivity index (χ2v) is 8.94. The van der Waals surface area contributed by atoms with Gasteiger partial charge in [0.05, 0.1) is 6.61 Å². The van der Waals surface area contributed by atoms with Crippen LogP contribution in [0.2, 0.25) is 0 Å². The third kappa shape index (κ3) is 7.50. The molecule has 0 bridgehead atoms. The molecule has 26 heavy (non-hydrogen) atoms. The molecule has 1 saturated heterocycles. The Labute approximate surface area is 163 Å². The number of ether oxygens (including phenoxy) is 2. The number of esters is 1. The summed E-state index contributed by atoms with van der Waals surface area (Å²) in [6.45, 7) is 4.10. The standard InChI is InChI=1S/C19H27NO4S2/c1-3-23-16-10-8-15(9-11-16)20-19(22)14(2)24-18(21)7-5-4-6-17-12-13-25-26-17/h8-11,14,17H,3-7,12-13H2,1-2H3,(H,20,22)/t14-,17-/m0/s1. The topological polar surface area (TPSA) is 64.6 Å². The van der Waals surface area contributed by atoms with Crippen LogP contribution in [0, 0.1) is 0 Å². The number of benzene rings is 1. The summed E-state index contributed by atoms with van der Waals surface area (Å²) in [6.07, 6.45) is 3.82. The summed E-state index contributed by atoms with van der Waals surface area (Å²) >= 11 is 0. The van der Waals surface area contributed by atoms with Gasteiger partial charge in [-0.1, -0.05) is 28.0 Å². The molecule has 0 radical (unpaired) electrons. The Morgan fingerprint density at radius 3 is 2.69 bits per heavy atom. The van der Waals surface area contributed by atoms with Crippen molar-refractivity contribution in [3.63, 3.8) is 0 Å². The van der Waals surface area contributed by atoms with E-state index in [1.165, 1.54) is 12.2 Å². The lowest BCUT2D eigenvalue weighted by atomic mass is 10.1. The molecule has 1 aliphatic rings. The molecule has 1 fully saturated rings. The lowest BCUT2D eigenvalue weighted by molar-refractivity contribution is -0.153. The van der Waals surface area contributed by atoms with Gasteiger partial charge >= 0.3 is 5.97 Å². The minimum Gasteiger partial charge on any atom is -0.494 e. The Morgan fingerprint density at radius 1 is 1.27 bits per heavy atom. The van der Waals surface area contributed by atoms with Crippen molar-refractivity contribution in [2.75, 3.05) is 17.7 Å². The van der Waals surface area contributed by atoms with Gasteiger partial charge < -0.3 is 14.8 Å². The number of unbranched alkanes of at least 4 members (excludes halogenated alkanes) is 1. The average molecular weight is 398 g/mol. The monoisotopic (exact) mass is 397 g/mol. The molecule has 5 nitrogen and oxygen atoms in total.